The predicted octanol–water partition coefficient (Wildman–Crippen LogP) is 6.15. The first-order valence-corrected chi connectivity index (χ1v) is 9.80. The fraction of sp³-hybridized carbons (Fsp3) is 0.944. The van der Waals surface area contributed by atoms with Crippen LogP contribution in [-0.4, -0.2) is 16.3 Å². The number of thioether (sulfide) groups is 1. The van der Waals surface area contributed by atoms with Crippen molar-refractivity contribution in [1.29, 1.82) is 0 Å². The van der Waals surface area contributed by atoms with Crippen LogP contribution in [0.3, 0.4) is 0 Å². The lowest BCUT2D eigenvalue weighted by Gasteiger charge is -2.21. The van der Waals surface area contributed by atoms with Crippen LogP contribution >= 0.6 is 11.8 Å². The van der Waals surface area contributed by atoms with Gasteiger partial charge in [-0.25, -0.2) is 0 Å². The molecule has 0 N–H and O–H groups in total. The first-order chi connectivity index (χ1) is 9.66. The van der Waals surface area contributed by atoms with Gasteiger partial charge < -0.3 is 0 Å². The predicted molar refractivity (Wildman–Crippen MR) is 91.6 cm³/mol. The van der Waals surface area contributed by atoms with E-state index in [1.165, 1.54) is 70.0 Å². The number of unbranched alkanes of at least 4 members (excludes halogenated alkanes) is 9. The summed E-state index contributed by atoms with van der Waals surface area (Å²) in [5.74, 6) is 1.73. The normalized spacial score (nSPS) is 22.6. The second-order valence-electron chi connectivity index (χ2n) is 6.70. The van der Waals surface area contributed by atoms with E-state index in [0.29, 0.717) is 5.78 Å². The van der Waals surface area contributed by atoms with Crippen molar-refractivity contribution in [3.8, 4) is 0 Å². The molecule has 0 aromatic rings. The van der Waals surface area contributed by atoms with Gasteiger partial charge >= 0.3 is 0 Å². The number of carbonyl (C=O) groups excluding carboxylic acids is 1. The molecule has 0 amide bonds. The topological polar surface area (TPSA) is 17.1 Å². The summed E-state index contributed by atoms with van der Waals surface area (Å²) in [7, 11) is 0. The number of hydrogen-bond donors (Lipinski definition) is 0. The van der Waals surface area contributed by atoms with E-state index in [4.69, 9.17) is 0 Å². The lowest BCUT2D eigenvalue weighted by atomic mass is 10.1. The summed E-state index contributed by atoms with van der Waals surface area (Å²) >= 11 is 2.05. The van der Waals surface area contributed by atoms with Gasteiger partial charge in [0.25, 0.3) is 0 Å². The molecule has 1 saturated carbocycles. The van der Waals surface area contributed by atoms with Crippen LogP contribution in [0.1, 0.15) is 97.3 Å². The standard InChI is InChI=1S/C18H34OS/c1-3-4-5-6-7-8-9-10-11-12-15-20-18(2)14-13-17(19)16-18/h3-16H2,1-2H3. The Bertz CT molecular complexity index is 264. The molecule has 20 heavy (non-hydrogen) atoms. The van der Waals surface area contributed by atoms with Crippen LogP contribution in [0, 0.1) is 0 Å². The minimum absolute atomic E-state index is 0.274. The Morgan fingerprint density at radius 3 is 2.00 bits per heavy atom. The number of rotatable bonds is 12. The SMILES string of the molecule is CCCCCCCCCCCCSC1(C)CCC(=O)C1. The highest BCUT2D eigenvalue weighted by atomic mass is 32.2. The van der Waals surface area contributed by atoms with Crippen LogP contribution in [0.4, 0.5) is 0 Å². The molecule has 1 aliphatic carbocycles. The van der Waals surface area contributed by atoms with Crippen molar-refractivity contribution in [2.24, 2.45) is 0 Å². The Morgan fingerprint density at radius 2 is 1.50 bits per heavy atom. The molecule has 0 aliphatic heterocycles. The van der Waals surface area contributed by atoms with Gasteiger partial charge in [-0.2, -0.15) is 11.8 Å². The maximum Gasteiger partial charge on any atom is 0.134 e. The third kappa shape index (κ3) is 8.34. The molecule has 118 valence electrons. The highest BCUT2D eigenvalue weighted by Gasteiger charge is 2.33. The summed E-state index contributed by atoms with van der Waals surface area (Å²) in [6.07, 6.45) is 16.8. The number of carbonyl (C=O) groups is 1. The summed E-state index contributed by atoms with van der Waals surface area (Å²) in [5.41, 5.74) is 0. The summed E-state index contributed by atoms with van der Waals surface area (Å²) in [6.45, 7) is 4.55. The van der Waals surface area contributed by atoms with Gasteiger partial charge in [0, 0.05) is 17.6 Å². The fourth-order valence-corrected chi connectivity index (χ4v) is 4.38. The lowest BCUT2D eigenvalue weighted by Crippen LogP contribution is -2.15. The van der Waals surface area contributed by atoms with Gasteiger partial charge in [-0.1, -0.05) is 64.7 Å². The van der Waals surface area contributed by atoms with E-state index in [0.717, 1.165) is 19.3 Å². The van der Waals surface area contributed by atoms with E-state index in [2.05, 4.69) is 13.8 Å². The van der Waals surface area contributed by atoms with Crippen LogP contribution in [0.2, 0.25) is 0 Å². The molecule has 1 rings (SSSR count). The zero-order valence-corrected chi connectivity index (χ0v) is 14.5. The minimum atomic E-state index is 0.274. The number of ketones is 1. The maximum atomic E-state index is 11.3. The second-order valence-corrected chi connectivity index (χ2v) is 8.38. The fourth-order valence-electron chi connectivity index (χ4n) is 3.03. The zero-order chi connectivity index (χ0) is 14.7. The number of Topliss-reactive ketones (excluding diaryl/α,β-unsaturated/α-hetero) is 1. The number of hydrogen-bond acceptors (Lipinski definition) is 2. The van der Waals surface area contributed by atoms with Crippen LogP contribution < -0.4 is 0 Å². The summed E-state index contributed by atoms with van der Waals surface area (Å²) in [6, 6.07) is 0. The molecule has 0 spiro atoms. The summed E-state index contributed by atoms with van der Waals surface area (Å²) in [4.78, 5) is 11.3. The third-order valence-corrected chi connectivity index (χ3v) is 5.99. The van der Waals surface area contributed by atoms with E-state index >= 15 is 0 Å². The Balaban J connectivity index is 1.82. The summed E-state index contributed by atoms with van der Waals surface area (Å²) < 4.78 is 0.274. The van der Waals surface area contributed by atoms with Crippen molar-refractivity contribution < 1.29 is 4.79 Å². The van der Waals surface area contributed by atoms with Gasteiger partial charge in [-0.05, 0) is 25.5 Å². The van der Waals surface area contributed by atoms with Crippen molar-refractivity contribution in [3.63, 3.8) is 0 Å². The monoisotopic (exact) mass is 298 g/mol. The molecule has 0 radical (unpaired) electrons. The largest absolute Gasteiger partial charge is 0.300 e. The van der Waals surface area contributed by atoms with Crippen LogP contribution in [0.15, 0.2) is 0 Å². The average Bonchev–Trinajstić information content (AvgIpc) is 2.76. The highest BCUT2D eigenvalue weighted by Crippen LogP contribution is 2.39. The molecule has 0 heterocycles. The van der Waals surface area contributed by atoms with Gasteiger partial charge in [0.2, 0.25) is 0 Å². The molecular weight excluding hydrogens is 264 g/mol. The van der Waals surface area contributed by atoms with Gasteiger partial charge in [0.05, 0.1) is 0 Å². The summed E-state index contributed by atoms with van der Waals surface area (Å²) in [5, 5.41) is 0. The Kier molecular flexibility index (Phi) is 9.67. The van der Waals surface area contributed by atoms with Gasteiger partial charge in [-0.15, -0.1) is 0 Å². The lowest BCUT2D eigenvalue weighted by molar-refractivity contribution is -0.117. The van der Waals surface area contributed by atoms with E-state index in [-0.39, 0.29) is 4.75 Å². The van der Waals surface area contributed by atoms with Gasteiger partial charge in [0.1, 0.15) is 5.78 Å². The quantitative estimate of drug-likeness (QED) is 0.402. The molecule has 0 saturated heterocycles. The van der Waals surface area contributed by atoms with E-state index in [9.17, 15) is 4.79 Å². The van der Waals surface area contributed by atoms with Crippen LogP contribution in [0.25, 0.3) is 0 Å². The molecule has 1 unspecified atom stereocenters. The first kappa shape index (κ1) is 18.1. The molecule has 2 heteroatoms. The Hall–Kier alpha value is 0.0200. The van der Waals surface area contributed by atoms with Crippen molar-refractivity contribution >= 4 is 17.5 Å². The van der Waals surface area contributed by atoms with E-state index < -0.39 is 0 Å². The smallest absolute Gasteiger partial charge is 0.134 e. The van der Waals surface area contributed by atoms with Crippen LogP contribution in [-0.2, 0) is 4.79 Å². The molecule has 1 nitrogen and oxygen atoms in total. The van der Waals surface area contributed by atoms with Crippen molar-refractivity contribution in [2.45, 2.75) is 102 Å². The molecular formula is C18H34OS. The second kappa shape index (κ2) is 10.7. The maximum absolute atomic E-state index is 11.3. The Morgan fingerprint density at radius 1 is 0.950 bits per heavy atom. The molecule has 1 fully saturated rings. The molecule has 1 aliphatic rings. The van der Waals surface area contributed by atoms with Gasteiger partial charge in [0.15, 0.2) is 0 Å². The molecule has 0 bridgehead atoms. The van der Waals surface area contributed by atoms with E-state index in [1.807, 2.05) is 11.8 Å². The van der Waals surface area contributed by atoms with Crippen molar-refractivity contribution in [2.75, 3.05) is 5.75 Å². The molecule has 0 aromatic heterocycles. The third-order valence-electron chi connectivity index (χ3n) is 4.45. The van der Waals surface area contributed by atoms with Crippen molar-refractivity contribution in [3.05, 3.63) is 0 Å². The highest BCUT2D eigenvalue weighted by molar-refractivity contribution is 8.00. The average molecular weight is 299 g/mol. The van der Waals surface area contributed by atoms with E-state index in [1.54, 1.807) is 0 Å². The van der Waals surface area contributed by atoms with Crippen molar-refractivity contribution in [1.82, 2.24) is 0 Å². The first-order valence-electron chi connectivity index (χ1n) is 8.82. The zero-order valence-electron chi connectivity index (χ0n) is 13.7. The molecule has 1 atom stereocenters. The van der Waals surface area contributed by atoms with Crippen LogP contribution in [0.5, 0.6) is 0 Å². The molecule has 0 aromatic carbocycles. The Labute approximate surface area is 130 Å². The minimum Gasteiger partial charge on any atom is -0.300 e. The van der Waals surface area contributed by atoms with Gasteiger partial charge in [-0.3, -0.25) is 4.79 Å².